The molecule has 1 heterocycles. The van der Waals surface area contributed by atoms with Gasteiger partial charge in [0.2, 0.25) is 0 Å². The highest BCUT2D eigenvalue weighted by Crippen LogP contribution is 2.37. The minimum atomic E-state index is -1.77. The summed E-state index contributed by atoms with van der Waals surface area (Å²) < 4.78 is 17.4. The Morgan fingerprint density at radius 1 is 1.37 bits per heavy atom. The Morgan fingerprint density at radius 3 is 2.53 bits per heavy atom. The Morgan fingerprint density at radius 2 is 2.00 bits per heavy atom. The summed E-state index contributed by atoms with van der Waals surface area (Å²) in [6.07, 6.45) is 1.16. The van der Waals surface area contributed by atoms with Gasteiger partial charge in [0.25, 0.3) is 0 Å². The van der Waals surface area contributed by atoms with Crippen LogP contribution in [0.25, 0.3) is 0 Å². The molecule has 0 aromatic heterocycles. The van der Waals surface area contributed by atoms with E-state index >= 15 is 0 Å². The molecule has 4 nitrogen and oxygen atoms in total. The van der Waals surface area contributed by atoms with E-state index in [9.17, 15) is 4.79 Å². The predicted octanol–water partition coefficient (Wildman–Crippen LogP) is 2.97. The van der Waals surface area contributed by atoms with E-state index in [1.54, 1.807) is 0 Å². The van der Waals surface area contributed by atoms with Crippen molar-refractivity contribution in [1.82, 2.24) is 0 Å². The van der Waals surface area contributed by atoms with E-state index < -0.39 is 8.32 Å². The topological polar surface area (TPSA) is 44.8 Å². The lowest BCUT2D eigenvalue weighted by Crippen LogP contribution is -2.47. The van der Waals surface area contributed by atoms with Crippen LogP contribution < -0.4 is 0 Å². The van der Waals surface area contributed by atoms with Gasteiger partial charge in [0.15, 0.2) is 14.6 Å². The molecule has 0 amide bonds. The van der Waals surface area contributed by atoms with Gasteiger partial charge >= 0.3 is 0 Å². The zero-order chi connectivity index (χ0) is 14.7. The first-order chi connectivity index (χ1) is 8.67. The first kappa shape index (κ1) is 16.8. The van der Waals surface area contributed by atoms with E-state index in [4.69, 9.17) is 13.9 Å². The zero-order valence-electron chi connectivity index (χ0n) is 13.1. The van der Waals surface area contributed by atoms with Gasteiger partial charge < -0.3 is 18.7 Å². The standard InChI is InChI=1S/C14H28O4Si/c1-11-16-9-12(7-8-15)13(18-11)10-17-19(5,6)14(2,3)4/h8,11-13H,7,9-10H2,1-6H3/t11-,12+,13+/m1/s1. The van der Waals surface area contributed by atoms with E-state index in [1.807, 2.05) is 6.92 Å². The number of rotatable bonds is 5. The first-order valence-electron chi connectivity index (χ1n) is 7.02. The van der Waals surface area contributed by atoms with Crippen molar-refractivity contribution in [3.63, 3.8) is 0 Å². The molecule has 0 spiro atoms. The molecule has 0 aliphatic carbocycles. The Kier molecular flexibility index (Phi) is 5.74. The fraction of sp³-hybridized carbons (Fsp3) is 0.929. The molecule has 5 heteroatoms. The van der Waals surface area contributed by atoms with Crippen LogP contribution in [0.5, 0.6) is 0 Å². The van der Waals surface area contributed by atoms with Crippen LogP contribution in [0, 0.1) is 5.92 Å². The highest BCUT2D eigenvalue weighted by Gasteiger charge is 2.39. The van der Waals surface area contributed by atoms with E-state index in [2.05, 4.69) is 33.9 Å². The van der Waals surface area contributed by atoms with Gasteiger partial charge in [0.05, 0.1) is 19.3 Å². The van der Waals surface area contributed by atoms with Gasteiger partial charge in [-0.05, 0) is 25.1 Å². The molecule has 0 radical (unpaired) electrons. The SMILES string of the molecule is C[C@@H]1OC[C@H](CC=O)[C@H](CO[Si](C)(C)C(C)(C)C)O1. The van der Waals surface area contributed by atoms with Gasteiger partial charge in [-0.3, -0.25) is 0 Å². The van der Waals surface area contributed by atoms with Crippen LogP contribution in [0.3, 0.4) is 0 Å². The quantitative estimate of drug-likeness (QED) is 0.576. The molecule has 0 aromatic rings. The number of carbonyl (C=O) groups excluding carboxylic acids is 1. The summed E-state index contributed by atoms with van der Waals surface area (Å²) >= 11 is 0. The van der Waals surface area contributed by atoms with Crippen molar-refractivity contribution >= 4 is 14.6 Å². The van der Waals surface area contributed by atoms with Gasteiger partial charge in [-0.2, -0.15) is 0 Å². The number of hydrogen-bond donors (Lipinski definition) is 0. The van der Waals surface area contributed by atoms with Crippen molar-refractivity contribution in [2.24, 2.45) is 5.92 Å². The predicted molar refractivity (Wildman–Crippen MR) is 77.6 cm³/mol. The second-order valence-electron chi connectivity index (χ2n) is 6.81. The van der Waals surface area contributed by atoms with E-state index in [0.717, 1.165) is 6.29 Å². The third-order valence-electron chi connectivity index (χ3n) is 4.25. The van der Waals surface area contributed by atoms with Crippen LogP contribution in [0.1, 0.15) is 34.1 Å². The van der Waals surface area contributed by atoms with E-state index in [-0.39, 0.29) is 23.4 Å². The summed E-state index contributed by atoms with van der Waals surface area (Å²) in [5, 5.41) is 0.184. The summed E-state index contributed by atoms with van der Waals surface area (Å²) in [4.78, 5) is 10.7. The molecule has 112 valence electrons. The van der Waals surface area contributed by atoms with Crippen molar-refractivity contribution in [2.45, 2.75) is 64.6 Å². The first-order valence-corrected chi connectivity index (χ1v) is 9.93. The molecule has 0 saturated carbocycles. The molecule has 1 aliphatic rings. The van der Waals surface area contributed by atoms with Gasteiger partial charge in [-0.1, -0.05) is 20.8 Å². The van der Waals surface area contributed by atoms with Crippen LogP contribution in [-0.4, -0.2) is 40.2 Å². The molecular weight excluding hydrogens is 260 g/mol. The Hall–Kier alpha value is -0.233. The molecule has 0 N–H and O–H groups in total. The number of ether oxygens (including phenoxy) is 2. The van der Waals surface area contributed by atoms with Crippen LogP contribution in [-0.2, 0) is 18.7 Å². The smallest absolute Gasteiger partial charge is 0.192 e. The second-order valence-corrected chi connectivity index (χ2v) is 11.6. The average molecular weight is 288 g/mol. The lowest BCUT2D eigenvalue weighted by Gasteiger charge is -2.40. The molecule has 1 aliphatic heterocycles. The minimum Gasteiger partial charge on any atom is -0.414 e. The van der Waals surface area contributed by atoms with Gasteiger partial charge in [-0.25, -0.2) is 0 Å². The monoisotopic (exact) mass is 288 g/mol. The zero-order valence-corrected chi connectivity index (χ0v) is 14.1. The lowest BCUT2D eigenvalue weighted by molar-refractivity contribution is -0.233. The third kappa shape index (κ3) is 4.67. The molecule has 1 rings (SSSR count). The number of aldehydes is 1. The van der Waals surface area contributed by atoms with Crippen molar-refractivity contribution in [2.75, 3.05) is 13.2 Å². The molecule has 0 aromatic carbocycles. The van der Waals surface area contributed by atoms with Crippen molar-refractivity contribution in [1.29, 1.82) is 0 Å². The summed E-state index contributed by atoms with van der Waals surface area (Å²) in [6, 6.07) is 0. The van der Waals surface area contributed by atoms with Crippen LogP contribution >= 0.6 is 0 Å². The Balaban J connectivity index is 2.59. The highest BCUT2D eigenvalue weighted by atomic mass is 28.4. The fourth-order valence-corrected chi connectivity index (χ4v) is 2.80. The molecular formula is C14H28O4Si. The fourth-order valence-electron chi connectivity index (χ4n) is 1.79. The molecule has 1 fully saturated rings. The maximum absolute atomic E-state index is 10.7. The van der Waals surface area contributed by atoms with Crippen molar-refractivity contribution in [3.8, 4) is 0 Å². The minimum absolute atomic E-state index is 0.0388. The van der Waals surface area contributed by atoms with Crippen LogP contribution in [0.2, 0.25) is 18.1 Å². The second kappa shape index (κ2) is 6.48. The highest BCUT2D eigenvalue weighted by molar-refractivity contribution is 6.74. The third-order valence-corrected chi connectivity index (χ3v) is 8.75. The van der Waals surface area contributed by atoms with Gasteiger partial charge in [0.1, 0.15) is 6.29 Å². The molecule has 3 atom stereocenters. The van der Waals surface area contributed by atoms with E-state index in [0.29, 0.717) is 19.6 Å². The Bertz CT molecular complexity index is 298. The maximum atomic E-state index is 10.7. The average Bonchev–Trinajstić information content (AvgIpc) is 2.28. The summed E-state index contributed by atoms with van der Waals surface area (Å²) in [5.74, 6) is 0.110. The summed E-state index contributed by atoms with van der Waals surface area (Å²) in [6.45, 7) is 14.1. The van der Waals surface area contributed by atoms with Crippen LogP contribution in [0.4, 0.5) is 0 Å². The largest absolute Gasteiger partial charge is 0.414 e. The van der Waals surface area contributed by atoms with Crippen LogP contribution in [0.15, 0.2) is 0 Å². The summed E-state index contributed by atoms with van der Waals surface area (Å²) in [7, 11) is -1.77. The number of carbonyl (C=O) groups is 1. The molecule has 1 saturated heterocycles. The van der Waals surface area contributed by atoms with E-state index in [1.165, 1.54) is 0 Å². The molecule has 19 heavy (non-hydrogen) atoms. The normalized spacial score (nSPS) is 29.3. The molecule has 0 bridgehead atoms. The van der Waals surface area contributed by atoms with Crippen molar-refractivity contribution in [3.05, 3.63) is 0 Å². The Labute approximate surface area is 117 Å². The molecule has 0 unspecified atom stereocenters. The maximum Gasteiger partial charge on any atom is 0.192 e. The van der Waals surface area contributed by atoms with Crippen molar-refractivity contribution < 1.29 is 18.7 Å². The van der Waals surface area contributed by atoms with Gasteiger partial charge in [0, 0.05) is 12.3 Å². The lowest BCUT2D eigenvalue weighted by atomic mass is 10.00. The number of hydrogen-bond acceptors (Lipinski definition) is 4. The summed E-state index contributed by atoms with van der Waals surface area (Å²) in [5.41, 5.74) is 0. The van der Waals surface area contributed by atoms with Gasteiger partial charge in [-0.15, -0.1) is 0 Å².